The van der Waals surface area contributed by atoms with Gasteiger partial charge in [-0.3, -0.25) is 4.90 Å². The Morgan fingerprint density at radius 2 is 2.06 bits per heavy atom. The Kier molecular flexibility index (Phi) is 3.72. The molecule has 2 nitrogen and oxygen atoms in total. The first-order chi connectivity index (χ1) is 7.66. The highest BCUT2D eigenvalue weighted by atomic mass is 35.5. The molecule has 3 heteroatoms. The van der Waals surface area contributed by atoms with E-state index in [9.17, 15) is 5.11 Å². The van der Waals surface area contributed by atoms with Crippen molar-refractivity contribution in [3.05, 3.63) is 28.8 Å². The third-order valence-electron chi connectivity index (χ3n) is 3.39. The molecule has 1 aromatic rings. The number of nitrogens with zero attached hydrogens (tertiary/aromatic N) is 1. The van der Waals surface area contributed by atoms with Crippen LogP contribution in [0.3, 0.4) is 0 Å². The normalized spacial score (nSPS) is 17.2. The molecule has 16 heavy (non-hydrogen) atoms. The Labute approximate surface area is 102 Å². The number of aromatic hydroxyl groups is 1. The van der Waals surface area contributed by atoms with Gasteiger partial charge in [0.05, 0.1) is 5.02 Å². The first kappa shape index (κ1) is 11.7. The molecule has 1 fully saturated rings. The van der Waals surface area contributed by atoms with E-state index in [1.54, 1.807) is 6.07 Å². The second-order valence-electron chi connectivity index (χ2n) is 4.64. The first-order valence-electron chi connectivity index (χ1n) is 5.84. The van der Waals surface area contributed by atoms with Gasteiger partial charge in [-0.1, -0.05) is 30.5 Å². The molecule has 2 rings (SSSR count). The number of hydrogen-bond acceptors (Lipinski definition) is 2. The molecule has 0 heterocycles. The van der Waals surface area contributed by atoms with Crippen molar-refractivity contribution in [2.24, 2.45) is 0 Å². The Morgan fingerprint density at radius 3 is 2.69 bits per heavy atom. The standard InChI is InChI=1S/C13H18ClNO/c1-15(11-4-2-3-5-11)9-10-6-7-13(16)12(14)8-10/h6-8,11,16H,2-5,9H2,1H3. The second kappa shape index (κ2) is 5.07. The van der Waals surface area contributed by atoms with Crippen molar-refractivity contribution in [1.82, 2.24) is 4.90 Å². The Morgan fingerprint density at radius 1 is 1.38 bits per heavy atom. The fourth-order valence-corrected chi connectivity index (χ4v) is 2.61. The molecule has 1 saturated carbocycles. The summed E-state index contributed by atoms with van der Waals surface area (Å²) in [6, 6.07) is 6.17. The van der Waals surface area contributed by atoms with E-state index >= 15 is 0 Å². The summed E-state index contributed by atoms with van der Waals surface area (Å²) in [5.41, 5.74) is 1.16. The van der Waals surface area contributed by atoms with Crippen molar-refractivity contribution in [2.75, 3.05) is 7.05 Å². The molecule has 88 valence electrons. The molecule has 0 radical (unpaired) electrons. The van der Waals surface area contributed by atoms with Gasteiger partial charge in [-0.25, -0.2) is 0 Å². The van der Waals surface area contributed by atoms with Crippen LogP contribution in [-0.4, -0.2) is 23.1 Å². The van der Waals surface area contributed by atoms with Gasteiger partial charge in [-0.05, 0) is 37.6 Å². The quantitative estimate of drug-likeness (QED) is 0.874. The lowest BCUT2D eigenvalue weighted by Crippen LogP contribution is -2.28. The zero-order valence-electron chi connectivity index (χ0n) is 9.62. The smallest absolute Gasteiger partial charge is 0.134 e. The van der Waals surface area contributed by atoms with E-state index in [-0.39, 0.29) is 5.75 Å². The first-order valence-corrected chi connectivity index (χ1v) is 6.22. The van der Waals surface area contributed by atoms with Crippen molar-refractivity contribution < 1.29 is 5.11 Å². The minimum atomic E-state index is 0.161. The molecule has 1 N–H and O–H groups in total. The fraction of sp³-hybridized carbons (Fsp3) is 0.538. The second-order valence-corrected chi connectivity index (χ2v) is 5.05. The molecule has 0 aliphatic heterocycles. The van der Waals surface area contributed by atoms with E-state index in [0.717, 1.165) is 12.1 Å². The third kappa shape index (κ3) is 2.69. The van der Waals surface area contributed by atoms with E-state index in [0.29, 0.717) is 11.1 Å². The average Bonchev–Trinajstić information content (AvgIpc) is 2.77. The SMILES string of the molecule is CN(Cc1ccc(O)c(Cl)c1)C1CCCC1. The summed E-state index contributed by atoms with van der Waals surface area (Å²) in [5, 5.41) is 9.79. The lowest BCUT2D eigenvalue weighted by atomic mass is 10.1. The lowest BCUT2D eigenvalue weighted by molar-refractivity contribution is 0.237. The maximum atomic E-state index is 9.34. The fourth-order valence-electron chi connectivity index (χ4n) is 2.41. The summed E-state index contributed by atoms with van der Waals surface area (Å²) in [7, 11) is 2.16. The van der Waals surface area contributed by atoms with Crippen LogP contribution < -0.4 is 0 Å². The summed E-state index contributed by atoms with van der Waals surface area (Å²) >= 11 is 5.89. The lowest BCUT2D eigenvalue weighted by Gasteiger charge is -2.24. The summed E-state index contributed by atoms with van der Waals surface area (Å²) < 4.78 is 0. The van der Waals surface area contributed by atoms with Crippen LogP contribution in [0.2, 0.25) is 5.02 Å². The molecular weight excluding hydrogens is 222 g/mol. The Bertz CT molecular complexity index is 361. The summed E-state index contributed by atoms with van der Waals surface area (Å²) in [6.07, 6.45) is 5.32. The average molecular weight is 240 g/mol. The van der Waals surface area contributed by atoms with Gasteiger partial charge >= 0.3 is 0 Å². The van der Waals surface area contributed by atoms with Crippen LogP contribution in [0.25, 0.3) is 0 Å². The van der Waals surface area contributed by atoms with Gasteiger partial charge in [-0.2, -0.15) is 0 Å². The van der Waals surface area contributed by atoms with E-state index < -0.39 is 0 Å². The maximum Gasteiger partial charge on any atom is 0.134 e. The molecule has 1 aliphatic rings. The highest BCUT2D eigenvalue weighted by molar-refractivity contribution is 6.32. The molecule has 0 aromatic heterocycles. The Hall–Kier alpha value is -0.730. The van der Waals surface area contributed by atoms with Gasteiger partial charge < -0.3 is 5.11 Å². The van der Waals surface area contributed by atoms with Gasteiger partial charge in [0.25, 0.3) is 0 Å². The van der Waals surface area contributed by atoms with E-state index in [1.165, 1.54) is 25.7 Å². The number of benzene rings is 1. The van der Waals surface area contributed by atoms with Crippen molar-refractivity contribution >= 4 is 11.6 Å². The predicted octanol–water partition coefficient (Wildman–Crippen LogP) is 3.42. The number of rotatable bonds is 3. The van der Waals surface area contributed by atoms with Crippen LogP contribution in [0.15, 0.2) is 18.2 Å². The molecule has 0 spiro atoms. The number of halogens is 1. The number of phenols is 1. The van der Waals surface area contributed by atoms with Gasteiger partial charge in [-0.15, -0.1) is 0 Å². The van der Waals surface area contributed by atoms with E-state index in [4.69, 9.17) is 11.6 Å². The molecule has 1 aromatic carbocycles. The minimum Gasteiger partial charge on any atom is -0.506 e. The van der Waals surface area contributed by atoms with Crippen LogP contribution in [0.5, 0.6) is 5.75 Å². The largest absolute Gasteiger partial charge is 0.506 e. The molecule has 0 saturated heterocycles. The van der Waals surface area contributed by atoms with Gasteiger partial charge in [0, 0.05) is 12.6 Å². The van der Waals surface area contributed by atoms with Crippen LogP contribution in [0, 0.1) is 0 Å². The molecule has 0 unspecified atom stereocenters. The van der Waals surface area contributed by atoms with Crippen molar-refractivity contribution in [1.29, 1.82) is 0 Å². The topological polar surface area (TPSA) is 23.5 Å². The zero-order valence-corrected chi connectivity index (χ0v) is 10.4. The number of phenolic OH excluding ortho intramolecular Hbond substituents is 1. The molecular formula is C13H18ClNO. The van der Waals surface area contributed by atoms with Crippen molar-refractivity contribution in [2.45, 2.75) is 38.3 Å². The summed E-state index contributed by atoms with van der Waals surface area (Å²) in [6.45, 7) is 0.907. The van der Waals surface area contributed by atoms with Crippen LogP contribution in [0.4, 0.5) is 0 Å². The molecule has 1 aliphatic carbocycles. The monoisotopic (exact) mass is 239 g/mol. The summed E-state index contributed by atoms with van der Waals surface area (Å²) in [5.74, 6) is 0.161. The van der Waals surface area contributed by atoms with Crippen LogP contribution >= 0.6 is 11.6 Å². The van der Waals surface area contributed by atoms with Gasteiger partial charge in [0.2, 0.25) is 0 Å². The highest BCUT2D eigenvalue weighted by Crippen LogP contribution is 2.26. The van der Waals surface area contributed by atoms with Crippen molar-refractivity contribution in [3.63, 3.8) is 0 Å². The van der Waals surface area contributed by atoms with Crippen molar-refractivity contribution in [3.8, 4) is 5.75 Å². The summed E-state index contributed by atoms with van der Waals surface area (Å²) in [4.78, 5) is 2.38. The van der Waals surface area contributed by atoms with E-state index in [1.807, 2.05) is 12.1 Å². The molecule has 0 atom stereocenters. The van der Waals surface area contributed by atoms with Crippen LogP contribution in [-0.2, 0) is 6.54 Å². The van der Waals surface area contributed by atoms with Gasteiger partial charge in [0.15, 0.2) is 0 Å². The zero-order chi connectivity index (χ0) is 11.5. The highest BCUT2D eigenvalue weighted by Gasteiger charge is 2.19. The number of hydrogen-bond donors (Lipinski definition) is 1. The minimum absolute atomic E-state index is 0.161. The molecule has 0 amide bonds. The maximum absolute atomic E-state index is 9.34. The Balaban J connectivity index is 1.99. The predicted molar refractivity (Wildman–Crippen MR) is 66.8 cm³/mol. The van der Waals surface area contributed by atoms with Gasteiger partial charge in [0.1, 0.15) is 5.75 Å². The third-order valence-corrected chi connectivity index (χ3v) is 3.69. The molecule has 0 bridgehead atoms. The van der Waals surface area contributed by atoms with E-state index in [2.05, 4.69) is 11.9 Å². The van der Waals surface area contributed by atoms with Crippen LogP contribution in [0.1, 0.15) is 31.2 Å².